The molecule has 1 aromatic heterocycles. The number of allylic oxidation sites excluding steroid dienone is 16. The summed E-state index contributed by atoms with van der Waals surface area (Å²) in [7, 11) is 0. The van der Waals surface area contributed by atoms with Crippen LogP contribution in [0.5, 0.6) is 0 Å². The number of hydrogen-bond donors (Lipinski definition) is 0. The van der Waals surface area contributed by atoms with E-state index in [9.17, 15) is 0 Å². The Kier molecular flexibility index (Phi) is 16.6. The Morgan fingerprint density at radius 3 is 1.92 bits per heavy atom. The van der Waals surface area contributed by atoms with Crippen LogP contribution >= 0.6 is 0 Å². The number of rotatable bonds is 17. The minimum Gasteiger partial charge on any atom is -0.313 e. The van der Waals surface area contributed by atoms with Crippen LogP contribution in [-0.4, -0.2) is 4.57 Å². The zero-order valence-corrected chi connectivity index (χ0v) is 45.2. The summed E-state index contributed by atoms with van der Waals surface area (Å²) in [4.78, 5) is 2.45. The van der Waals surface area contributed by atoms with Crippen molar-refractivity contribution in [1.29, 1.82) is 0 Å². The van der Waals surface area contributed by atoms with Crippen LogP contribution in [0.1, 0.15) is 61.6 Å². The van der Waals surface area contributed by atoms with E-state index in [1.165, 1.54) is 50.1 Å². The van der Waals surface area contributed by atoms with Crippen molar-refractivity contribution < 1.29 is 0 Å². The van der Waals surface area contributed by atoms with Crippen molar-refractivity contribution >= 4 is 45.7 Å². The molecule has 1 aliphatic rings. The predicted molar refractivity (Wildman–Crippen MR) is 339 cm³/mol. The van der Waals surface area contributed by atoms with Gasteiger partial charge in [-0.05, 0) is 143 Å². The molecular weight excluding hydrogens is 941 g/mol. The Bertz CT molecular complexity index is 3850. The summed E-state index contributed by atoms with van der Waals surface area (Å²) < 4.78 is 2.45. The summed E-state index contributed by atoms with van der Waals surface area (Å²) in [5.41, 5.74) is 21.8. The number of hydrogen-bond acceptors (Lipinski definition) is 1. The number of anilines is 2. The van der Waals surface area contributed by atoms with Gasteiger partial charge in [0.1, 0.15) is 0 Å². The van der Waals surface area contributed by atoms with Gasteiger partial charge < -0.3 is 9.47 Å². The average Bonchev–Trinajstić information content (AvgIpc) is 3.75. The summed E-state index contributed by atoms with van der Waals surface area (Å²) in [5, 5.41) is 1.25. The second-order valence-electron chi connectivity index (χ2n) is 19.5. The molecule has 0 N–H and O–H groups in total. The third-order valence-electron chi connectivity index (χ3n) is 14.4. The van der Waals surface area contributed by atoms with E-state index in [2.05, 4.69) is 316 Å². The fourth-order valence-electron chi connectivity index (χ4n) is 10.7. The number of nitrogens with zero attached hydrogens (tertiary/aromatic N) is 2. The second-order valence-corrected chi connectivity index (χ2v) is 19.5. The van der Waals surface area contributed by atoms with Crippen LogP contribution in [0.3, 0.4) is 0 Å². The molecule has 0 saturated heterocycles. The van der Waals surface area contributed by atoms with Gasteiger partial charge in [0.15, 0.2) is 0 Å². The highest BCUT2D eigenvalue weighted by Crippen LogP contribution is 2.44. The van der Waals surface area contributed by atoms with E-state index in [1.54, 1.807) is 0 Å². The van der Waals surface area contributed by atoms with Crippen molar-refractivity contribution in [3.63, 3.8) is 0 Å². The second kappa shape index (κ2) is 24.9. The molecule has 380 valence electrons. The molecule has 8 aromatic carbocycles. The third kappa shape index (κ3) is 11.5. The summed E-state index contributed by atoms with van der Waals surface area (Å²) in [6.07, 6.45) is 35.5. The Hall–Kier alpha value is -9.50. The van der Waals surface area contributed by atoms with Gasteiger partial charge in [0.25, 0.3) is 0 Å². The molecule has 0 aliphatic heterocycles. The van der Waals surface area contributed by atoms with Crippen molar-refractivity contribution in [2.24, 2.45) is 0 Å². The molecule has 0 saturated carbocycles. The Balaban J connectivity index is 1.16. The summed E-state index contributed by atoms with van der Waals surface area (Å²) in [6, 6.07) is 72.8. The molecule has 2 nitrogen and oxygen atoms in total. The van der Waals surface area contributed by atoms with Gasteiger partial charge in [-0.25, -0.2) is 0 Å². The van der Waals surface area contributed by atoms with Gasteiger partial charge in [-0.1, -0.05) is 250 Å². The maximum absolute atomic E-state index is 4.39. The SMILES string of the molecule is C=C/C(=C\C(=C/C(C)c1ccccc1)N(c1ccc(-c2cc(/C=C/C=C\C=C/C)cc(-c3ccccc3)c2)cc1)c1ccccc1-c1cccc(-c2cccc3c2c2c(n3C(/C=C\C)=C/C)CC=CC=C2)c1)c1ccccc1. The minimum absolute atomic E-state index is 0.0691. The number of benzene rings is 8. The lowest BCUT2D eigenvalue weighted by molar-refractivity contribution is 0.950. The highest BCUT2D eigenvalue weighted by atomic mass is 15.1. The first-order valence-electron chi connectivity index (χ1n) is 27.2. The zero-order valence-electron chi connectivity index (χ0n) is 45.2. The molecule has 0 spiro atoms. The Morgan fingerprint density at radius 1 is 0.577 bits per heavy atom. The first-order valence-corrected chi connectivity index (χ1v) is 27.2. The van der Waals surface area contributed by atoms with Crippen molar-refractivity contribution in [2.75, 3.05) is 4.90 Å². The standard InChI is InChI=1S/C76H66N2/c1-6-10-11-12-17-31-57-51-65(61-36-22-15-23-37-61)54-66(52-57)62-46-48-68(49-47-62)77(69(50-56(5)59-32-18-13-19-33-59)55-58(8-3)60-34-20-14-21-35-60)73-44-27-26-40-70(73)63-38-28-39-64(53-63)71-42-29-45-75-76(71)72-41-24-16-25-43-74(72)78(75)67(9-4)30-7-2/h6-42,44-56H,3,43H2,1-2,4-5H3/b10-6-,12-11-,30-7-,31-17+,58-55+,67-9+,69-50+. The zero-order chi connectivity index (χ0) is 53.6. The highest BCUT2D eigenvalue weighted by molar-refractivity contribution is 6.05. The first kappa shape index (κ1) is 52.0. The molecule has 10 rings (SSSR count). The van der Waals surface area contributed by atoms with E-state index < -0.39 is 0 Å². The normalized spacial score (nSPS) is 13.5. The van der Waals surface area contributed by atoms with E-state index in [4.69, 9.17) is 0 Å². The molecule has 1 heterocycles. The molecule has 0 fully saturated rings. The van der Waals surface area contributed by atoms with Crippen LogP contribution in [0.15, 0.2) is 298 Å². The van der Waals surface area contributed by atoms with Crippen molar-refractivity contribution in [3.8, 4) is 44.5 Å². The van der Waals surface area contributed by atoms with Gasteiger partial charge in [0, 0.05) is 51.6 Å². The summed E-state index contributed by atoms with van der Waals surface area (Å²) in [6.45, 7) is 12.9. The van der Waals surface area contributed by atoms with Gasteiger partial charge in [0.05, 0.1) is 11.2 Å². The average molecular weight is 1010 g/mol. The molecular formula is C76H66N2. The molecule has 0 bridgehead atoms. The van der Waals surface area contributed by atoms with E-state index in [0.29, 0.717) is 0 Å². The molecule has 1 atom stereocenters. The third-order valence-corrected chi connectivity index (χ3v) is 14.4. The van der Waals surface area contributed by atoms with Gasteiger partial charge in [-0.3, -0.25) is 0 Å². The number of aromatic nitrogens is 1. The lowest BCUT2D eigenvalue weighted by Crippen LogP contribution is -2.17. The van der Waals surface area contributed by atoms with Gasteiger partial charge in [-0.15, -0.1) is 0 Å². The van der Waals surface area contributed by atoms with Crippen LogP contribution < -0.4 is 4.90 Å². The molecule has 2 heteroatoms. The molecule has 0 amide bonds. The molecule has 1 unspecified atom stereocenters. The Labute approximate surface area is 462 Å². The Morgan fingerprint density at radius 2 is 1.21 bits per heavy atom. The molecule has 9 aromatic rings. The van der Waals surface area contributed by atoms with Crippen LogP contribution in [0.4, 0.5) is 11.4 Å². The lowest BCUT2D eigenvalue weighted by Gasteiger charge is -2.30. The molecule has 0 radical (unpaired) electrons. The highest BCUT2D eigenvalue weighted by Gasteiger charge is 2.23. The quantitative estimate of drug-likeness (QED) is 0.0825. The van der Waals surface area contributed by atoms with Gasteiger partial charge in [0.2, 0.25) is 0 Å². The van der Waals surface area contributed by atoms with Crippen LogP contribution in [0.25, 0.3) is 78.8 Å². The lowest BCUT2D eigenvalue weighted by atomic mass is 9.93. The minimum atomic E-state index is 0.0691. The fourth-order valence-corrected chi connectivity index (χ4v) is 10.7. The number of fused-ring (bicyclic) bond motifs is 3. The van der Waals surface area contributed by atoms with E-state index in [1.807, 2.05) is 25.2 Å². The molecule has 78 heavy (non-hydrogen) atoms. The van der Waals surface area contributed by atoms with E-state index in [-0.39, 0.29) is 5.92 Å². The summed E-state index contributed by atoms with van der Waals surface area (Å²) in [5.74, 6) is 0.0691. The maximum Gasteiger partial charge on any atom is 0.0543 e. The monoisotopic (exact) mass is 1010 g/mol. The summed E-state index contributed by atoms with van der Waals surface area (Å²) >= 11 is 0. The first-order chi connectivity index (χ1) is 38.5. The van der Waals surface area contributed by atoms with Crippen molar-refractivity contribution in [3.05, 3.63) is 325 Å². The fraction of sp³-hybridized carbons (Fsp3) is 0.0789. The van der Waals surface area contributed by atoms with E-state index >= 15 is 0 Å². The van der Waals surface area contributed by atoms with Crippen LogP contribution in [0, 0.1) is 0 Å². The van der Waals surface area contributed by atoms with Crippen molar-refractivity contribution in [1.82, 2.24) is 4.57 Å². The van der Waals surface area contributed by atoms with Crippen LogP contribution in [-0.2, 0) is 6.42 Å². The number of para-hydroxylation sites is 1. The predicted octanol–water partition coefficient (Wildman–Crippen LogP) is 21.1. The van der Waals surface area contributed by atoms with Gasteiger partial charge >= 0.3 is 0 Å². The van der Waals surface area contributed by atoms with Gasteiger partial charge in [-0.2, -0.15) is 0 Å². The molecule has 1 aliphatic carbocycles. The smallest absolute Gasteiger partial charge is 0.0543 e. The maximum atomic E-state index is 4.39. The van der Waals surface area contributed by atoms with Crippen molar-refractivity contribution in [2.45, 2.75) is 40.0 Å². The van der Waals surface area contributed by atoms with Crippen LogP contribution in [0.2, 0.25) is 0 Å². The van der Waals surface area contributed by atoms with E-state index in [0.717, 1.165) is 68.0 Å². The topological polar surface area (TPSA) is 8.17 Å². The largest absolute Gasteiger partial charge is 0.313 e.